The molecule has 0 bridgehead atoms. The van der Waals surface area contributed by atoms with Crippen molar-refractivity contribution in [1.29, 1.82) is 0 Å². The fraction of sp³-hybridized carbons (Fsp3) is 0.474. The number of rotatable bonds is 4. The van der Waals surface area contributed by atoms with Crippen molar-refractivity contribution >= 4 is 41.1 Å². The second kappa shape index (κ2) is 8.22. The zero-order valence-electron chi connectivity index (χ0n) is 16.0. The van der Waals surface area contributed by atoms with E-state index in [0.29, 0.717) is 37.2 Å². The third-order valence-corrected chi connectivity index (χ3v) is 6.15. The van der Waals surface area contributed by atoms with Crippen LogP contribution in [-0.4, -0.2) is 72.9 Å². The summed E-state index contributed by atoms with van der Waals surface area (Å²) in [5.74, 6) is -0.762. The summed E-state index contributed by atoms with van der Waals surface area (Å²) in [5.41, 5.74) is 6.40. The third kappa shape index (κ3) is 4.14. The largest absolute Gasteiger partial charge is 0.369 e. The van der Waals surface area contributed by atoms with E-state index in [2.05, 4.69) is 0 Å². The molecule has 2 aliphatic heterocycles. The van der Waals surface area contributed by atoms with Gasteiger partial charge in [0.2, 0.25) is 17.7 Å². The minimum atomic E-state index is -0.331. The Morgan fingerprint density at radius 3 is 2.50 bits per heavy atom. The maximum Gasteiger partial charge on any atom is 0.253 e. The van der Waals surface area contributed by atoms with Crippen molar-refractivity contribution < 1.29 is 19.2 Å². The lowest BCUT2D eigenvalue weighted by Crippen LogP contribution is -2.48. The van der Waals surface area contributed by atoms with Gasteiger partial charge in [0.05, 0.1) is 11.4 Å². The fourth-order valence-corrected chi connectivity index (χ4v) is 4.33. The van der Waals surface area contributed by atoms with Crippen molar-refractivity contribution in [2.45, 2.75) is 17.7 Å². The van der Waals surface area contributed by atoms with E-state index >= 15 is 0 Å². The SMILES string of the molecule is CN(C)C(=O)c1ccc2c(c1)N(CC(=O)N1CCC(C(N)=O)CC1)C(=O)CS2. The van der Waals surface area contributed by atoms with Gasteiger partial charge in [-0.15, -0.1) is 11.8 Å². The molecule has 1 aromatic rings. The number of hydrogen-bond acceptors (Lipinski definition) is 5. The molecule has 0 unspecified atom stereocenters. The van der Waals surface area contributed by atoms with Gasteiger partial charge in [0, 0.05) is 43.6 Å². The van der Waals surface area contributed by atoms with Gasteiger partial charge in [-0.2, -0.15) is 0 Å². The normalized spacial score (nSPS) is 17.3. The number of thioether (sulfide) groups is 1. The first-order valence-electron chi connectivity index (χ1n) is 9.14. The summed E-state index contributed by atoms with van der Waals surface area (Å²) in [6.07, 6.45) is 1.09. The van der Waals surface area contributed by atoms with Crippen molar-refractivity contribution in [3.63, 3.8) is 0 Å². The topological polar surface area (TPSA) is 104 Å². The van der Waals surface area contributed by atoms with Gasteiger partial charge in [-0.25, -0.2) is 0 Å². The molecule has 4 amide bonds. The van der Waals surface area contributed by atoms with Crippen molar-refractivity contribution in [2.75, 3.05) is 44.4 Å². The molecule has 0 atom stereocenters. The number of nitrogens with zero attached hydrogens (tertiary/aromatic N) is 3. The minimum Gasteiger partial charge on any atom is -0.369 e. The number of carbonyl (C=O) groups is 4. The summed E-state index contributed by atoms with van der Waals surface area (Å²) in [4.78, 5) is 54.3. The van der Waals surface area contributed by atoms with Crippen molar-refractivity contribution in [3.05, 3.63) is 23.8 Å². The minimum absolute atomic E-state index is 0.0762. The predicted octanol–water partition coefficient (Wildman–Crippen LogP) is 0.551. The molecule has 9 heteroatoms. The Labute approximate surface area is 168 Å². The van der Waals surface area contributed by atoms with Crippen LogP contribution in [0.15, 0.2) is 23.1 Å². The van der Waals surface area contributed by atoms with Gasteiger partial charge in [0.25, 0.3) is 5.91 Å². The lowest BCUT2D eigenvalue weighted by molar-refractivity contribution is -0.134. The number of fused-ring (bicyclic) bond motifs is 1. The van der Waals surface area contributed by atoms with E-state index in [1.165, 1.54) is 21.6 Å². The second-order valence-electron chi connectivity index (χ2n) is 7.21. The van der Waals surface area contributed by atoms with E-state index in [1.54, 1.807) is 31.1 Å². The molecule has 1 fully saturated rings. The Kier molecular flexibility index (Phi) is 5.93. The predicted molar refractivity (Wildman–Crippen MR) is 106 cm³/mol. The summed E-state index contributed by atoms with van der Waals surface area (Å²) < 4.78 is 0. The molecule has 0 spiro atoms. The molecule has 0 radical (unpaired) electrons. The number of piperidine rings is 1. The molecule has 0 aromatic heterocycles. The van der Waals surface area contributed by atoms with Crippen LogP contribution in [0.3, 0.4) is 0 Å². The molecule has 1 aromatic carbocycles. The summed E-state index contributed by atoms with van der Waals surface area (Å²) in [7, 11) is 3.33. The lowest BCUT2D eigenvalue weighted by Gasteiger charge is -2.34. The number of anilines is 1. The summed E-state index contributed by atoms with van der Waals surface area (Å²) in [6.45, 7) is 0.831. The summed E-state index contributed by atoms with van der Waals surface area (Å²) in [5, 5.41) is 0. The molecule has 150 valence electrons. The van der Waals surface area contributed by atoms with Gasteiger partial charge < -0.3 is 20.4 Å². The van der Waals surface area contributed by atoms with Gasteiger partial charge in [0.15, 0.2) is 0 Å². The van der Waals surface area contributed by atoms with Crippen LogP contribution in [-0.2, 0) is 14.4 Å². The highest BCUT2D eigenvalue weighted by atomic mass is 32.2. The second-order valence-corrected chi connectivity index (χ2v) is 8.23. The molecular formula is C19H24N4O4S. The van der Waals surface area contributed by atoms with Crippen LogP contribution in [0.5, 0.6) is 0 Å². The van der Waals surface area contributed by atoms with Gasteiger partial charge in [-0.3, -0.25) is 19.2 Å². The summed E-state index contributed by atoms with van der Waals surface area (Å²) in [6, 6.07) is 5.23. The standard InChI is InChI=1S/C19H24N4O4S/c1-21(2)19(27)13-3-4-15-14(9-13)23(17(25)11-28-15)10-16(24)22-7-5-12(6-8-22)18(20)26/h3-4,9,12H,5-8,10-11H2,1-2H3,(H2,20,26). The van der Waals surface area contributed by atoms with Crippen molar-refractivity contribution in [1.82, 2.24) is 9.80 Å². The Morgan fingerprint density at radius 2 is 1.89 bits per heavy atom. The molecule has 8 nitrogen and oxygen atoms in total. The molecule has 2 aliphatic rings. The van der Waals surface area contributed by atoms with E-state index in [9.17, 15) is 19.2 Å². The van der Waals surface area contributed by atoms with Crippen LogP contribution < -0.4 is 10.6 Å². The maximum atomic E-state index is 12.8. The van der Waals surface area contributed by atoms with E-state index in [4.69, 9.17) is 5.73 Å². The first kappa shape index (κ1) is 20.2. The maximum absolute atomic E-state index is 12.8. The number of hydrogen-bond donors (Lipinski definition) is 1. The molecule has 2 heterocycles. The van der Waals surface area contributed by atoms with Crippen LogP contribution in [0.2, 0.25) is 0 Å². The number of likely N-dealkylation sites (tertiary alicyclic amines) is 1. The average Bonchev–Trinajstić information content (AvgIpc) is 2.69. The Morgan fingerprint density at radius 1 is 1.21 bits per heavy atom. The smallest absolute Gasteiger partial charge is 0.253 e. The van der Waals surface area contributed by atoms with Crippen LogP contribution in [0, 0.1) is 5.92 Å². The highest BCUT2D eigenvalue weighted by Crippen LogP contribution is 2.36. The monoisotopic (exact) mass is 404 g/mol. The number of carbonyl (C=O) groups excluding carboxylic acids is 4. The Balaban J connectivity index is 1.76. The quantitative estimate of drug-likeness (QED) is 0.789. The van der Waals surface area contributed by atoms with Crippen molar-refractivity contribution in [3.8, 4) is 0 Å². The highest BCUT2D eigenvalue weighted by molar-refractivity contribution is 8.00. The highest BCUT2D eigenvalue weighted by Gasteiger charge is 2.31. The van der Waals surface area contributed by atoms with Gasteiger partial charge in [-0.05, 0) is 31.0 Å². The average molecular weight is 404 g/mol. The fourth-order valence-electron chi connectivity index (χ4n) is 3.42. The van der Waals surface area contributed by atoms with Crippen LogP contribution in [0.1, 0.15) is 23.2 Å². The summed E-state index contributed by atoms with van der Waals surface area (Å²) >= 11 is 1.40. The number of amides is 4. The van der Waals surface area contributed by atoms with Crippen molar-refractivity contribution in [2.24, 2.45) is 11.7 Å². The van der Waals surface area contributed by atoms with Gasteiger partial charge >= 0.3 is 0 Å². The molecule has 2 N–H and O–H groups in total. The first-order valence-corrected chi connectivity index (χ1v) is 10.1. The van der Waals surface area contributed by atoms with Gasteiger partial charge in [-0.1, -0.05) is 0 Å². The van der Waals surface area contributed by atoms with Crippen LogP contribution in [0.4, 0.5) is 5.69 Å². The van der Waals surface area contributed by atoms with E-state index in [1.807, 2.05) is 6.07 Å². The van der Waals surface area contributed by atoms with Gasteiger partial charge in [0.1, 0.15) is 6.54 Å². The van der Waals surface area contributed by atoms with Crippen LogP contribution in [0.25, 0.3) is 0 Å². The third-order valence-electron chi connectivity index (χ3n) is 5.10. The Hall–Kier alpha value is -2.55. The van der Waals surface area contributed by atoms with E-state index in [-0.39, 0.29) is 41.8 Å². The lowest BCUT2D eigenvalue weighted by atomic mass is 9.96. The van der Waals surface area contributed by atoms with Crippen LogP contribution >= 0.6 is 11.8 Å². The number of benzene rings is 1. The van der Waals surface area contributed by atoms with E-state index < -0.39 is 0 Å². The zero-order chi connectivity index (χ0) is 20.4. The Bertz CT molecular complexity index is 818. The zero-order valence-corrected chi connectivity index (χ0v) is 16.8. The van der Waals surface area contributed by atoms with E-state index in [0.717, 1.165) is 4.90 Å². The molecule has 3 rings (SSSR count). The molecule has 0 saturated carbocycles. The number of nitrogens with two attached hydrogens (primary N) is 1. The molecule has 1 saturated heterocycles. The molecule has 0 aliphatic carbocycles. The molecule has 28 heavy (non-hydrogen) atoms. The molecular weight excluding hydrogens is 380 g/mol. The first-order chi connectivity index (χ1) is 13.3. The number of primary amides is 1.